The van der Waals surface area contributed by atoms with Crippen LogP contribution in [0.3, 0.4) is 0 Å². The van der Waals surface area contributed by atoms with E-state index in [1.54, 1.807) is 19.5 Å². The number of methoxy groups -OCH3 is 1. The average Bonchev–Trinajstić information content (AvgIpc) is 3.38. The Morgan fingerprint density at radius 1 is 0.926 bits per heavy atom. The lowest BCUT2D eigenvalue weighted by Crippen LogP contribution is -1.99. The fraction of sp³-hybridized carbons (Fsp3) is 0.143. The number of aryl methyl sites for hydroxylation is 1. The molecule has 0 spiro atoms. The molecule has 0 saturated heterocycles. The summed E-state index contributed by atoms with van der Waals surface area (Å²) in [6, 6.07) is 17.9. The van der Waals surface area contributed by atoms with Gasteiger partial charge in [-0.1, -0.05) is 12.1 Å². The fourth-order valence-corrected chi connectivity index (χ4v) is 2.91. The molecule has 6 heteroatoms. The van der Waals surface area contributed by atoms with Crippen molar-refractivity contribution in [3.63, 3.8) is 0 Å². The molecule has 0 aliphatic carbocycles. The van der Waals surface area contributed by atoms with Gasteiger partial charge >= 0.3 is 0 Å². The summed E-state index contributed by atoms with van der Waals surface area (Å²) in [5.41, 5.74) is 4.10. The minimum absolute atomic E-state index is 0.470. The molecule has 0 N–H and O–H groups in total. The highest BCUT2D eigenvalue weighted by Gasteiger charge is 2.08. The van der Waals surface area contributed by atoms with Gasteiger partial charge in [-0.2, -0.15) is 10.2 Å². The minimum Gasteiger partial charge on any atom is -0.497 e. The van der Waals surface area contributed by atoms with Gasteiger partial charge in [0.2, 0.25) is 0 Å². The number of nitrogens with zero attached hydrogens (tertiary/aromatic N) is 4. The summed E-state index contributed by atoms with van der Waals surface area (Å²) in [5, 5.41) is 8.46. The Bertz CT molecular complexity index is 1020. The number of benzene rings is 2. The van der Waals surface area contributed by atoms with Crippen LogP contribution in [0.25, 0.3) is 16.9 Å². The van der Waals surface area contributed by atoms with Gasteiger partial charge in [0.25, 0.3) is 0 Å². The zero-order valence-electron chi connectivity index (χ0n) is 15.2. The van der Waals surface area contributed by atoms with E-state index in [1.807, 2.05) is 77.2 Å². The van der Waals surface area contributed by atoms with Crippen LogP contribution >= 0.6 is 0 Å². The van der Waals surface area contributed by atoms with Crippen molar-refractivity contribution in [2.24, 2.45) is 7.05 Å². The van der Waals surface area contributed by atoms with Gasteiger partial charge in [0.1, 0.15) is 18.1 Å². The molecule has 0 atom stereocenters. The van der Waals surface area contributed by atoms with E-state index >= 15 is 0 Å². The average molecular weight is 360 g/mol. The molecule has 2 aromatic heterocycles. The monoisotopic (exact) mass is 360 g/mol. The number of aromatic nitrogens is 4. The lowest BCUT2D eigenvalue weighted by molar-refractivity contribution is 0.304. The number of hydrogen-bond donors (Lipinski definition) is 0. The lowest BCUT2D eigenvalue weighted by Gasteiger charge is -2.11. The van der Waals surface area contributed by atoms with Crippen LogP contribution in [-0.4, -0.2) is 26.7 Å². The largest absolute Gasteiger partial charge is 0.497 e. The number of rotatable bonds is 6. The van der Waals surface area contributed by atoms with Crippen molar-refractivity contribution in [1.29, 1.82) is 0 Å². The third-order valence-corrected chi connectivity index (χ3v) is 4.34. The Kier molecular flexibility index (Phi) is 4.61. The molecule has 136 valence electrons. The van der Waals surface area contributed by atoms with Crippen LogP contribution in [0.2, 0.25) is 0 Å². The molecule has 6 nitrogen and oxygen atoms in total. The summed E-state index contributed by atoms with van der Waals surface area (Å²) in [4.78, 5) is 0. The van der Waals surface area contributed by atoms with Crippen molar-refractivity contribution in [2.75, 3.05) is 7.11 Å². The summed E-state index contributed by atoms with van der Waals surface area (Å²) < 4.78 is 15.1. The van der Waals surface area contributed by atoms with Gasteiger partial charge in [0.05, 0.1) is 18.5 Å². The SMILES string of the molecule is COc1cc(OCc2ccc(-n3cccn3)cc2)cc(-c2ccnn2C)c1. The standard InChI is InChI=1S/C21H20N4O2/c1-24-21(8-10-22-24)17-12-19(26-2)14-20(13-17)27-15-16-4-6-18(7-5-16)25-11-3-9-23-25/h3-14H,15H2,1-2H3. The molecule has 0 radical (unpaired) electrons. The summed E-state index contributed by atoms with van der Waals surface area (Å²) in [7, 11) is 3.57. The summed E-state index contributed by atoms with van der Waals surface area (Å²) in [5.74, 6) is 1.50. The third-order valence-electron chi connectivity index (χ3n) is 4.34. The minimum atomic E-state index is 0.470. The van der Waals surface area contributed by atoms with Gasteiger partial charge in [-0.05, 0) is 42.0 Å². The summed E-state index contributed by atoms with van der Waals surface area (Å²) in [6.07, 6.45) is 5.46. The third kappa shape index (κ3) is 3.69. The smallest absolute Gasteiger partial charge is 0.124 e. The maximum Gasteiger partial charge on any atom is 0.124 e. The maximum atomic E-state index is 6.01. The van der Waals surface area contributed by atoms with Crippen molar-refractivity contribution < 1.29 is 9.47 Å². The van der Waals surface area contributed by atoms with E-state index < -0.39 is 0 Å². The number of ether oxygens (including phenoxy) is 2. The number of hydrogen-bond acceptors (Lipinski definition) is 4. The predicted octanol–water partition coefficient (Wildman–Crippen LogP) is 3.86. The summed E-state index contributed by atoms with van der Waals surface area (Å²) >= 11 is 0. The second kappa shape index (κ2) is 7.37. The van der Waals surface area contributed by atoms with Gasteiger partial charge < -0.3 is 9.47 Å². The molecule has 27 heavy (non-hydrogen) atoms. The first kappa shape index (κ1) is 16.9. The highest BCUT2D eigenvalue weighted by Crippen LogP contribution is 2.30. The quantitative estimate of drug-likeness (QED) is 0.524. The molecular formula is C21H20N4O2. The zero-order valence-corrected chi connectivity index (χ0v) is 15.2. The van der Waals surface area contributed by atoms with Crippen LogP contribution in [0.4, 0.5) is 0 Å². The van der Waals surface area contributed by atoms with Crippen LogP contribution in [0.15, 0.2) is 73.2 Å². The van der Waals surface area contributed by atoms with E-state index in [2.05, 4.69) is 10.2 Å². The van der Waals surface area contributed by atoms with Crippen LogP contribution in [0, 0.1) is 0 Å². The van der Waals surface area contributed by atoms with E-state index in [1.165, 1.54) is 0 Å². The molecule has 0 bridgehead atoms. The molecule has 0 aliphatic heterocycles. The van der Waals surface area contributed by atoms with Crippen molar-refractivity contribution in [2.45, 2.75) is 6.61 Å². The summed E-state index contributed by atoms with van der Waals surface area (Å²) in [6.45, 7) is 0.470. The van der Waals surface area contributed by atoms with Gasteiger partial charge in [-0.15, -0.1) is 0 Å². The molecule has 0 unspecified atom stereocenters. The molecule has 4 rings (SSSR count). The second-order valence-corrected chi connectivity index (χ2v) is 6.14. The first-order chi connectivity index (χ1) is 13.2. The first-order valence-corrected chi connectivity index (χ1v) is 8.62. The van der Waals surface area contributed by atoms with Crippen LogP contribution < -0.4 is 9.47 Å². The zero-order chi connectivity index (χ0) is 18.6. The molecule has 0 aliphatic rings. The highest BCUT2D eigenvalue weighted by molar-refractivity contribution is 5.64. The molecule has 4 aromatic rings. The van der Waals surface area contributed by atoms with Gasteiger partial charge in [0.15, 0.2) is 0 Å². The lowest BCUT2D eigenvalue weighted by atomic mass is 10.1. The van der Waals surface area contributed by atoms with E-state index in [0.29, 0.717) is 6.61 Å². The Morgan fingerprint density at radius 3 is 2.41 bits per heavy atom. The van der Waals surface area contributed by atoms with Crippen molar-refractivity contribution in [3.8, 4) is 28.4 Å². The van der Waals surface area contributed by atoms with Crippen LogP contribution in [0.5, 0.6) is 11.5 Å². The van der Waals surface area contributed by atoms with E-state index in [4.69, 9.17) is 9.47 Å². The molecule has 0 saturated carbocycles. The van der Waals surface area contributed by atoms with E-state index in [-0.39, 0.29) is 0 Å². The van der Waals surface area contributed by atoms with Crippen LogP contribution in [0.1, 0.15) is 5.56 Å². The van der Waals surface area contributed by atoms with E-state index in [0.717, 1.165) is 34.0 Å². The van der Waals surface area contributed by atoms with Gasteiger partial charge in [-0.25, -0.2) is 4.68 Å². The van der Waals surface area contributed by atoms with Crippen molar-refractivity contribution >= 4 is 0 Å². The molecular weight excluding hydrogens is 340 g/mol. The Morgan fingerprint density at radius 2 is 1.74 bits per heavy atom. The second-order valence-electron chi connectivity index (χ2n) is 6.14. The van der Waals surface area contributed by atoms with Crippen molar-refractivity contribution in [1.82, 2.24) is 19.6 Å². The molecule has 2 heterocycles. The Balaban J connectivity index is 1.51. The predicted molar refractivity (Wildman–Crippen MR) is 103 cm³/mol. The normalized spacial score (nSPS) is 10.7. The molecule has 0 fully saturated rings. The van der Waals surface area contributed by atoms with Gasteiger partial charge in [-0.3, -0.25) is 4.68 Å². The highest BCUT2D eigenvalue weighted by atomic mass is 16.5. The topological polar surface area (TPSA) is 54.1 Å². The maximum absolute atomic E-state index is 6.01. The Hall–Kier alpha value is -3.54. The van der Waals surface area contributed by atoms with E-state index in [9.17, 15) is 0 Å². The van der Waals surface area contributed by atoms with Crippen molar-refractivity contribution in [3.05, 3.63) is 78.8 Å². The van der Waals surface area contributed by atoms with Crippen LogP contribution in [-0.2, 0) is 13.7 Å². The molecule has 0 amide bonds. The fourth-order valence-electron chi connectivity index (χ4n) is 2.91. The Labute approximate surface area is 157 Å². The molecule has 2 aromatic carbocycles. The first-order valence-electron chi connectivity index (χ1n) is 8.62. The van der Waals surface area contributed by atoms with Gasteiger partial charge in [0, 0.05) is 37.3 Å².